The molecule has 31 heavy (non-hydrogen) atoms. The van der Waals surface area contributed by atoms with Crippen LogP contribution in [-0.4, -0.2) is 32.6 Å². The molecule has 1 heterocycles. The fourth-order valence-electron chi connectivity index (χ4n) is 3.53. The van der Waals surface area contributed by atoms with Gasteiger partial charge in [0.15, 0.2) is 0 Å². The molecule has 162 valence electrons. The molecule has 0 radical (unpaired) electrons. The van der Waals surface area contributed by atoms with Crippen LogP contribution in [0.5, 0.6) is 0 Å². The summed E-state index contributed by atoms with van der Waals surface area (Å²) in [6, 6.07) is 13.2. The summed E-state index contributed by atoms with van der Waals surface area (Å²) in [7, 11) is 0. The van der Waals surface area contributed by atoms with Gasteiger partial charge in [-0.3, -0.25) is 9.59 Å². The first kappa shape index (κ1) is 22.0. The predicted octanol–water partition coefficient (Wildman–Crippen LogP) is 2.09. The highest BCUT2D eigenvalue weighted by atomic mass is 16.4. The van der Waals surface area contributed by atoms with E-state index in [1.807, 2.05) is 13.0 Å². The fourth-order valence-corrected chi connectivity index (χ4v) is 3.53. The minimum Gasteiger partial charge on any atom is -0.480 e. The summed E-state index contributed by atoms with van der Waals surface area (Å²) < 4.78 is 0.875. The standard InChI is InChI=1S/C23H25N3O5/c1-3-14(2)19(22(29)30)25-20(27)18(13-15-9-5-4-6-10-15)26-21(28)16-11-7-8-12-17(16)24-23(26)31/h4-12,14,18-19H,3,13H2,1-2H3,(H,24,31)(H,25,27)(H,29,30)/t14-,18+,19+/m1/s1. The zero-order chi connectivity index (χ0) is 22.5. The van der Waals surface area contributed by atoms with E-state index in [1.54, 1.807) is 55.5 Å². The first-order valence-electron chi connectivity index (χ1n) is 10.1. The minimum atomic E-state index is -1.21. The second-order valence-corrected chi connectivity index (χ2v) is 7.57. The highest BCUT2D eigenvalue weighted by Gasteiger charge is 2.31. The molecular weight excluding hydrogens is 398 g/mol. The van der Waals surface area contributed by atoms with E-state index in [0.29, 0.717) is 11.9 Å². The number of carbonyl (C=O) groups excluding carboxylic acids is 1. The first-order chi connectivity index (χ1) is 14.8. The number of para-hydroxylation sites is 1. The van der Waals surface area contributed by atoms with Gasteiger partial charge in [0.25, 0.3) is 5.56 Å². The molecule has 0 aliphatic rings. The van der Waals surface area contributed by atoms with E-state index < -0.39 is 35.2 Å². The Kier molecular flexibility index (Phi) is 6.69. The molecule has 8 nitrogen and oxygen atoms in total. The summed E-state index contributed by atoms with van der Waals surface area (Å²) in [5.74, 6) is -2.19. The van der Waals surface area contributed by atoms with Gasteiger partial charge in [-0.1, -0.05) is 62.7 Å². The van der Waals surface area contributed by atoms with E-state index >= 15 is 0 Å². The lowest BCUT2D eigenvalue weighted by molar-refractivity contribution is -0.143. The molecule has 1 amide bonds. The Morgan fingerprint density at radius 3 is 2.35 bits per heavy atom. The van der Waals surface area contributed by atoms with Crippen LogP contribution in [0.15, 0.2) is 64.2 Å². The van der Waals surface area contributed by atoms with Crippen LogP contribution in [-0.2, 0) is 16.0 Å². The van der Waals surface area contributed by atoms with E-state index in [1.165, 1.54) is 0 Å². The molecule has 3 aromatic rings. The number of hydrogen-bond donors (Lipinski definition) is 3. The topological polar surface area (TPSA) is 121 Å². The molecule has 0 aliphatic carbocycles. The Morgan fingerprint density at radius 2 is 1.71 bits per heavy atom. The number of carboxylic acid groups (broad SMARTS) is 1. The van der Waals surface area contributed by atoms with Gasteiger partial charge in [0.2, 0.25) is 5.91 Å². The number of rotatable bonds is 8. The summed E-state index contributed by atoms with van der Waals surface area (Å²) >= 11 is 0. The number of aromatic amines is 1. The molecule has 8 heteroatoms. The molecule has 3 rings (SSSR count). The van der Waals surface area contributed by atoms with E-state index in [9.17, 15) is 24.3 Å². The van der Waals surface area contributed by atoms with Crippen LogP contribution in [0.3, 0.4) is 0 Å². The van der Waals surface area contributed by atoms with E-state index in [-0.39, 0.29) is 17.7 Å². The molecule has 0 unspecified atom stereocenters. The zero-order valence-electron chi connectivity index (χ0n) is 17.4. The SMILES string of the molecule is CC[C@@H](C)[C@H](NC(=O)[C@H](Cc1ccccc1)n1c(=O)[nH]c2ccccc2c1=O)C(=O)O. The third kappa shape index (κ3) is 4.74. The number of H-pyrrole nitrogens is 1. The number of aromatic nitrogens is 2. The zero-order valence-corrected chi connectivity index (χ0v) is 17.4. The van der Waals surface area contributed by atoms with E-state index in [2.05, 4.69) is 10.3 Å². The van der Waals surface area contributed by atoms with Crippen LogP contribution in [0.1, 0.15) is 31.9 Å². The van der Waals surface area contributed by atoms with Crippen LogP contribution in [0.4, 0.5) is 0 Å². The summed E-state index contributed by atoms with van der Waals surface area (Å²) in [4.78, 5) is 53.5. The molecule has 1 aromatic heterocycles. The number of amides is 1. The number of benzene rings is 2. The Morgan fingerprint density at radius 1 is 1.06 bits per heavy atom. The predicted molar refractivity (Wildman–Crippen MR) is 117 cm³/mol. The van der Waals surface area contributed by atoms with Crippen molar-refractivity contribution in [2.24, 2.45) is 5.92 Å². The molecule has 0 spiro atoms. The summed E-state index contributed by atoms with van der Waals surface area (Å²) in [6.45, 7) is 3.55. The normalized spacial score (nSPS) is 14.0. The Bertz CT molecular complexity index is 1200. The molecular formula is C23H25N3O5. The second-order valence-electron chi connectivity index (χ2n) is 7.57. The number of aliphatic carboxylic acids is 1. The Balaban J connectivity index is 2.10. The Hall–Kier alpha value is -3.68. The van der Waals surface area contributed by atoms with Crippen molar-refractivity contribution in [3.05, 3.63) is 81.0 Å². The van der Waals surface area contributed by atoms with Crippen molar-refractivity contribution in [1.82, 2.24) is 14.9 Å². The van der Waals surface area contributed by atoms with Crippen molar-refractivity contribution >= 4 is 22.8 Å². The van der Waals surface area contributed by atoms with Crippen LogP contribution in [0.2, 0.25) is 0 Å². The minimum absolute atomic E-state index is 0.0564. The molecule has 0 saturated carbocycles. The number of nitrogens with zero attached hydrogens (tertiary/aromatic N) is 1. The van der Waals surface area contributed by atoms with Crippen LogP contribution < -0.4 is 16.6 Å². The maximum Gasteiger partial charge on any atom is 0.329 e. The van der Waals surface area contributed by atoms with Gasteiger partial charge in [-0.15, -0.1) is 0 Å². The van der Waals surface area contributed by atoms with Gasteiger partial charge in [0.1, 0.15) is 12.1 Å². The molecule has 0 bridgehead atoms. The van der Waals surface area contributed by atoms with Crippen molar-refractivity contribution in [2.75, 3.05) is 0 Å². The smallest absolute Gasteiger partial charge is 0.329 e. The van der Waals surface area contributed by atoms with Gasteiger partial charge in [0.05, 0.1) is 10.9 Å². The van der Waals surface area contributed by atoms with Crippen LogP contribution in [0, 0.1) is 5.92 Å². The Labute approximate surface area is 178 Å². The number of carboxylic acids is 1. The van der Waals surface area contributed by atoms with Crippen molar-refractivity contribution in [3.8, 4) is 0 Å². The third-order valence-corrected chi connectivity index (χ3v) is 5.50. The van der Waals surface area contributed by atoms with Crippen molar-refractivity contribution in [2.45, 2.75) is 38.8 Å². The van der Waals surface area contributed by atoms with Gasteiger partial charge in [-0.2, -0.15) is 0 Å². The second kappa shape index (κ2) is 9.42. The number of fused-ring (bicyclic) bond motifs is 1. The van der Waals surface area contributed by atoms with Gasteiger partial charge in [0, 0.05) is 6.42 Å². The van der Waals surface area contributed by atoms with Crippen molar-refractivity contribution in [3.63, 3.8) is 0 Å². The van der Waals surface area contributed by atoms with Gasteiger partial charge in [-0.25, -0.2) is 14.2 Å². The number of nitrogens with one attached hydrogen (secondary N) is 2. The largest absolute Gasteiger partial charge is 0.480 e. The molecule has 2 aromatic carbocycles. The maximum absolute atomic E-state index is 13.2. The quantitative estimate of drug-likeness (QED) is 0.512. The van der Waals surface area contributed by atoms with E-state index in [0.717, 1.165) is 10.1 Å². The van der Waals surface area contributed by atoms with Crippen molar-refractivity contribution in [1.29, 1.82) is 0 Å². The van der Waals surface area contributed by atoms with Gasteiger partial charge in [-0.05, 0) is 23.6 Å². The number of carbonyl (C=O) groups is 2. The lowest BCUT2D eigenvalue weighted by atomic mass is 9.98. The monoisotopic (exact) mass is 423 g/mol. The lowest BCUT2D eigenvalue weighted by Crippen LogP contribution is -2.51. The number of hydrogen-bond acceptors (Lipinski definition) is 4. The average molecular weight is 423 g/mol. The lowest BCUT2D eigenvalue weighted by Gasteiger charge is -2.24. The highest BCUT2D eigenvalue weighted by molar-refractivity contribution is 5.86. The maximum atomic E-state index is 13.2. The first-order valence-corrected chi connectivity index (χ1v) is 10.1. The van der Waals surface area contributed by atoms with Gasteiger partial charge >= 0.3 is 11.7 Å². The summed E-state index contributed by atoms with van der Waals surface area (Å²) in [6.07, 6.45) is 0.595. The van der Waals surface area contributed by atoms with E-state index in [4.69, 9.17) is 0 Å². The molecule has 3 N–H and O–H groups in total. The molecule has 0 aliphatic heterocycles. The molecule has 0 saturated heterocycles. The third-order valence-electron chi connectivity index (χ3n) is 5.50. The van der Waals surface area contributed by atoms with Crippen LogP contribution in [0.25, 0.3) is 10.9 Å². The van der Waals surface area contributed by atoms with Gasteiger partial charge < -0.3 is 15.4 Å². The van der Waals surface area contributed by atoms with Crippen LogP contribution >= 0.6 is 0 Å². The molecule has 3 atom stereocenters. The average Bonchev–Trinajstić information content (AvgIpc) is 2.76. The summed E-state index contributed by atoms with van der Waals surface area (Å²) in [5, 5.41) is 12.4. The highest BCUT2D eigenvalue weighted by Crippen LogP contribution is 2.16. The fraction of sp³-hybridized carbons (Fsp3) is 0.304. The van der Waals surface area contributed by atoms with Crippen molar-refractivity contribution < 1.29 is 14.7 Å². The molecule has 0 fully saturated rings. The summed E-state index contributed by atoms with van der Waals surface area (Å²) in [5.41, 5.74) is -0.228.